The molecular formula is C20H23N5O2. The normalized spacial score (nSPS) is 15.1. The number of amides is 1. The Balaban J connectivity index is 1.46. The Bertz CT molecular complexity index is 1000. The Hall–Kier alpha value is -2.93. The van der Waals surface area contributed by atoms with Crippen molar-refractivity contribution in [3.8, 4) is 0 Å². The molecule has 0 aliphatic carbocycles. The zero-order valence-electron chi connectivity index (χ0n) is 15.1. The minimum Gasteiger partial charge on any atom is -0.347 e. The number of nitrogens with zero attached hydrogens (tertiary/aromatic N) is 3. The second kappa shape index (κ2) is 7.75. The summed E-state index contributed by atoms with van der Waals surface area (Å²) in [5.74, 6) is -0.314. The predicted molar refractivity (Wildman–Crippen MR) is 103 cm³/mol. The van der Waals surface area contributed by atoms with E-state index in [1.807, 2.05) is 18.2 Å². The number of fused-ring (bicyclic) bond motifs is 1. The third-order valence-corrected chi connectivity index (χ3v) is 5.05. The molecule has 0 spiro atoms. The number of nitrogens with one attached hydrogen (secondary N) is 2. The predicted octanol–water partition coefficient (Wildman–Crippen LogP) is 1.94. The van der Waals surface area contributed by atoms with E-state index in [9.17, 15) is 9.59 Å². The van der Waals surface area contributed by atoms with E-state index >= 15 is 0 Å². The van der Waals surface area contributed by atoms with Gasteiger partial charge >= 0.3 is 5.69 Å². The molecule has 0 bridgehead atoms. The molecule has 1 fully saturated rings. The maximum absolute atomic E-state index is 12.5. The van der Waals surface area contributed by atoms with Crippen LogP contribution in [0, 0.1) is 0 Å². The summed E-state index contributed by atoms with van der Waals surface area (Å²) in [6.07, 6.45) is 6.91. The topological polar surface area (TPSA) is 82.5 Å². The largest absolute Gasteiger partial charge is 0.347 e. The van der Waals surface area contributed by atoms with E-state index in [1.54, 1.807) is 12.3 Å². The first kappa shape index (κ1) is 17.5. The molecule has 0 saturated carbocycles. The number of imidazole rings is 1. The molecule has 1 saturated heterocycles. The second-order valence-corrected chi connectivity index (χ2v) is 6.93. The highest BCUT2D eigenvalue weighted by atomic mass is 16.2. The Morgan fingerprint density at radius 1 is 1.15 bits per heavy atom. The third-order valence-electron chi connectivity index (χ3n) is 5.05. The summed E-state index contributed by atoms with van der Waals surface area (Å²) in [7, 11) is 0. The van der Waals surface area contributed by atoms with Crippen molar-refractivity contribution in [2.45, 2.75) is 32.4 Å². The van der Waals surface area contributed by atoms with Crippen molar-refractivity contribution in [1.29, 1.82) is 0 Å². The lowest BCUT2D eigenvalue weighted by Gasteiger charge is -2.27. The summed E-state index contributed by atoms with van der Waals surface area (Å²) in [6, 6.07) is 9.76. The fourth-order valence-corrected chi connectivity index (χ4v) is 3.57. The van der Waals surface area contributed by atoms with Crippen molar-refractivity contribution < 1.29 is 4.79 Å². The minimum atomic E-state index is -0.374. The average molecular weight is 365 g/mol. The molecular weight excluding hydrogens is 342 g/mol. The number of carbonyl (C=O) groups is 1. The summed E-state index contributed by atoms with van der Waals surface area (Å²) in [5.41, 5.74) is 2.62. The molecule has 1 aliphatic rings. The number of hydrogen-bond acceptors (Lipinski definition) is 4. The van der Waals surface area contributed by atoms with Gasteiger partial charge in [-0.15, -0.1) is 0 Å². The second-order valence-electron chi connectivity index (χ2n) is 6.93. The Kier molecular flexibility index (Phi) is 5.02. The minimum absolute atomic E-state index is 0.215. The molecule has 4 rings (SSSR count). The molecule has 2 N–H and O–H groups in total. The molecule has 2 aromatic heterocycles. The summed E-state index contributed by atoms with van der Waals surface area (Å²) >= 11 is 0. The van der Waals surface area contributed by atoms with Gasteiger partial charge in [0.05, 0.1) is 0 Å². The van der Waals surface area contributed by atoms with Crippen LogP contribution < -0.4 is 11.0 Å². The lowest BCUT2D eigenvalue weighted by Crippen LogP contribution is -2.31. The average Bonchev–Trinajstić information content (AvgIpc) is 3.17. The molecule has 1 aliphatic heterocycles. The van der Waals surface area contributed by atoms with Crippen LogP contribution in [-0.2, 0) is 13.1 Å². The van der Waals surface area contributed by atoms with Gasteiger partial charge in [-0.1, -0.05) is 30.7 Å². The van der Waals surface area contributed by atoms with Crippen LogP contribution in [0.2, 0.25) is 0 Å². The smallest absolute Gasteiger partial charge is 0.331 e. The van der Waals surface area contributed by atoms with Gasteiger partial charge in [0.25, 0.3) is 5.91 Å². The highest BCUT2D eigenvalue weighted by Gasteiger charge is 2.14. The van der Waals surface area contributed by atoms with E-state index < -0.39 is 0 Å². The van der Waals surface area contributed by atoms with Gasteiger partial charge in [0, 0.05) is 31.5 Å². The SMILES string of the molecule is O=C(NCc1ccccc1CN1CCCCC1)c1cc2nccn2c(=O)[nH]1. The maximum Gasteiger partial charge on any atom is 0.331 e. The van der Waals surface area contributed by atoms with Gasteiger partial charge in [-0.05, 0) is 37.1 Å². The molecule has 27 heavy (non-hydrogen) atoms. The summed E-state index contributed by atoms with van der Waals surface area (Å²) in [5, 5.41) is 2.91. The van der Waals surface area contributed by atoms with E-state index in [1.165, 1.54) is 35.4 Å². The van der Waals surface area contributed by atoms with Gasteiger partial charge in [0.15, 0.2) is 0 Å². The number of likely N-dealkylation sites (tertiary alicyclic amines) is 1. The third kappa shape index (κ3) is 3.93. The highest BCUT2D eigenvalue weighted by Crippen LogP contribution is 2.16. The molecule has 3 heterocycles. The lowest BCUT2D eigenvalue weighted by molar-refractivity contribution is 0.0945. The van der Waals surface area contributed by atoms with Crippen molar-refractivity contribution in [2.24, 2.45) is 0 Å². The standard InChI is InChI=1S/C20H23N5O2/c26-19(17-12-18-21-8-11-25(18)20(27)23-17)22-13-15-6-2-3-7-16(15)14-24-9-4-1-5-10-24/h2-3,6-8,11-12H,1,4-5,9-10,13-14H2,(H,22,26)(H,23,27). The van der Waals surface area contributed by atoms with Crippen LogP contribution in [0.1, 0.15) is 40.9 Å². The van der Waals surface area contributed by atoms with Crippen molar-refractivity contribution in [3.05, 3.63) is 70.0 Å². The van der Waals surface area contributed by atoms with Crippen LogP contribution >= 0.6 is 0 Å². The Labute approximate surface area is 157 Å². The quantitative estimate of drug-likeness (QED) is 0.724. The van der Waals surface area contributed by atoms with Crippen LogP contribution in [0.15, 0.2) is 47.5 Å². The Morgan fingerprint density at radius 3 is 2.74 bits per heavy atom. The van der Waals surface area contributed by atoms with Crippen LogP contribution in [-0.4, -0.2) is 38.3 Å². The van der Waals surface area contributed by atoms with Gasteiger partial charge < -0.3 is 10.3 Å². The molecule has 1 amide bonds. The molecule has 1 aromatic carbocycles. The summed E-state index contributed by atoms with van der Waals surface area (Å²) in [6.45, 7) is 3.59. The fraction of sp³-hybridized carbons (Fsp3) is 0.350. The van der Waals surface area contributed by atoms with E-state index in [4.69, 9.17) is 0 Å². The number of hydrogen-bond donors (Lipinski definition) is 2. The van der Waals surface area contributed by atoms with Gasteiger partial charge in [0.1, 0.15) is 11.3 Å². The summed E-state index contributed by atoms with van der Waals surface area (Å²) < 4.78 is 1.37. The number of piperidine rings is 1. The van der Waals surface area contributed by atoms with Crippen molar-refractivity contribution in [3.63, 3.8) is 0 Å². The first-order chi connectivity index (χ1) is 13.2. The number of H-pyrrole nitrogens is 1. The monoisotopic (exact) mass is 365 g/mol. The van der Waals surface area contributed by atoms with E-state index in [-0.39, 0.29) is 17.3 Å². The van der Waals surface area contributed by atoms with E-state index in [0.717, 1.165) is 25.2 Å². The number of aromatic nitrogens is 3. The Morgan fingerprint density at radius 2 is 1.93 bits per heavy atom. The molecule has 0 radical (unpaired) electrons. The fourth-order valence-electron chi connectivity index (χ4n) is 3.57. The van der Waals surface area contributed by atoms with Gasteiger partial charge in [0.2, 0.25) is 0 Å². The zero-order chi connectivity index (χ0) is 18.6. The molecule has 0 atom stereocenters. The molecule has 0 unspecified atom stereocenters. The van der Waals surface area contributed by atoms with Gasteiger partial charge in [-0.25, -0.2) is 9.78 Å². The summed E-state index contributed by atoms with van der Waals surface area (Å²) in [4.78, 5) is 33.6. The van der Waals surface area contributed by atoms with Crippen molar-refractivity contribution in [2.75, 3.05) is 13.1 Å². The van der Waals surface area contributed by atoms with Crippen molar-refractivity contribution >= 4 is 11.6 Å². The molecule has 7 heteroatoms. The number of benzene rings is 1. The number of aromatic amines is 1. The molecule has 3 aromatic rings. The van der Waals surface area contributed by atoms with Crippen LogP contribution in [0.4, 0.5) is 0 Å². The van der Waals surface area contributed by atoms with Crippen LogP contribution in [0.25, 0.3) is 5.65 Å². The lowest BCUT2D eigenvalue weighted by atomic mass is 10.0. The van der Waals surface area contributed by atoms with Crippen LogP contribution in [0.3, 0.4) is 0 Å². The first-order valence-corrected chi connectivity index (χ1v) is 9.34. The maximum atomic E-state index is 12.5. The molecule has 7 nitrogen and oxygen atoms in total. The van der Waals surface area contributed by atoms with Crippen LogP contribution in [0.5, 0.6) is 0 Å². The van der Waals surface area contributed by atoms with E-state index in [2.05, 4.69) is 26.3 Å². The van der Waals surface area contributed by atoms with Gasteiger partial charge in [-0.3, -0.25) is 14.1 Å². The molecule has 140 valence electrons. The van der Waals surface area contributed by atoms with E-state index in [0.29, 0.717) is 12.2 Å². The highest BCUT2D eigenvalue weighted by molar-refractivity contribution is 5.93. The number of rotatable bonds is 5. The zero-order valence-corrected chi connectivity index (χ0v) is 15.1. The van der Waals surface area contributed by atoms with Crippen molar-refractivity contribution in [1.82, 2.24) is 24.6 Å². The first-order valence-electron chi connectivity index (χ1n) is 9.34. The number of carbonyl (C=O) groups excluding carboxylic acids is 1. The van der Waals surface area contributed by atoms with Gasteiger partial charge in [-0.2, -0.15) is 0 Å².